The van der Waals surface area contributed by atoms with Crippen LogP contribution in [0.4, 0.5) is 4.39 Å². The summed E-state index contributed by atoms with van der Waals surface area (Å²) in [6.07, 6.45) is 1.52. The largest absolute Gasteiger partial charge is 0.274 e. The molecule has 0 aliphatic rings. The monoisotopic (exact) mass is 256 g/mol. The van der Waals surface area contributed by atoms with Gasteiger partial charge in [0.05, 0.1) is 11.8 Å². The first-order valence-corrected chi connectivity index (χ1v) is 5.81. The van der Waals surface area contributed by atoms with Gasteiger partial charge in [-0.25, -0.2) is 9.82 Å². The lowest BCUT2D eigenvalue weighted by molar-refractivity contribution is 0.0951. The highest BCUT2D eigenvalue weighted by atomic mass is 19.1. The van der Waals surface area contributed by atoms with E-state index in [1.54, 1.807) is 6.07 Å². The van der Waals surface area contributed by atoms with Crippen LogP contribution in [0.2, 0.25) is 0 Å². The van der Waals surface area contributed by atoms with Crippen molar-refractivity contribution in [1.29, 1.82) is 0 Å². The molecule has 0 aromatic heterocycles. The van der Waals surface area contributed by atoms with Crippen LogP contribution in [0, 0.1) is 12.7 Å². The number of amides is 1. The van der Waals surface area contributed by atoms with Crippen molar-refractivity contribution in [2.24, 2.45) is 5.10 Å². The average molecular weight is 256 g/mol. The lowest BCUT2D eigenvalue weighted by atomic mass is 10.2. The van der Waals surface area contributed by atoms with Crippen LogP contribution in [-0.2, 0) is 0 Å². The van der Waals surface area contributed by atoms with Gasteiger partial charge in [-0.15, -0.1) is 0 Å². The van der Waals surface area contributed by atoms with Crippen LogP contribution in [0.1, 0.15) is 21.5 Å². The minimum Gasteiger partial charge on any atom is -0.267 e. The molecule has 1 amide bonds. The Balaban J connectivity index is 2.03. The molecule has 1 N–H and O–H groups in total. The van der Waals surface area contributed by atoms with Crippen molar-refractivity contribution in [3.8, 4) is 0 Å². The molecule has 0 spiro atoms. The Morgan fingerprint density at radius 2 is 2.00 bits per heavy atom. The van der Waals surface area contributed by atoms with Crippen LogP contribution < -0.4 is 5.43 Å². The quantitative estimate of drug-likeness (QED) is 0.665. The van der Waals surface area contributed by atoms with Crippen LogP contribution in [0.15, 0.2) is 53.6 Å². The zero-order valence-corrected chi connectivity index (χ0v) is 10.4. The van der Waals surface area contributed by atoms with Gasteiger partial charge >= 0.3 is 0 Å². The molecule has 2 aromatic carbocycles. The van der Waals surface area contributed by atoms with Gasteiger partial charge in [-0.05, 0) is 24.6 Å². The Morgan fingerprint density at radius 1 is 1.21 bits per heavy atom. The summed E-state index contributed by atoms with van der Waals surface area (Å²) in [6.45, 7) is 1.97. The summed E-state index contributed by atoms with van der Waals surface area (Å²) >= 11 is 0. The van der Waals surface area contributed by atoms with E-state index in [1.807, 2.05) is 31.2 Å². The molecule has 0 fully saturated rings. The maximum absolute atomic E-state index is 13.3. The van der Waals surface area contributed by atoms with Crippen LogP contribution in [0.3, 0.4) is 0 Å². The van der Waals surface area contributed by atoms with E-state index in [9.17, 15) is 9.18 Å². The zero-order chi connectivity index (χ0) is 13.7. The van der Waals surface area contributed by atoms with Gasteiger partial charge in [-0.2, -0.15) is 5.10 Å². The molecule has 0 bridgehead atoms. The fraction of sp³-hybridized carbons (Fsp3) is 0.0667. The van der Waals surface area contributed by atoms with E-state index < -0.39 is 11.7 Å². The van der Waals surface area contributed by atoms with Gasteiger partial charge in [0.15, 0.2) is 0 Å². The van der Waals surface area contributed by atoms with Gasteiger partial charge in [0.2, 0.25) is 0 Å². The van der Waals surface area contributed by atoms with Crippen molar-refractivity contribution >= 4 is 12.1 Å². The topological polar surface area (TPSA) is 41.5 Å². The van der Waals surface area contributed by atoms with Gasteiger partial charge in [-0.1, -0.05) is 42.0 Å². The predicted molar refractivity (Wildman–Crippen MR) is 72.6 cm³/mol. The van der Waals surface area contributed by atoms with E-state index in [0.29, 0.717) is 0 Å². The van der Waals surface area contributed by atoms with Gasteiger partial charge < -0.3 is 0 Å². The Labute approximate surface area is 110 Å². The van der Waals surface area contributed by atoms with Crippen LogP contribution >= 0.6 is 0 Å². The molecule has 2 rings (SSSR count). The number of rotatable bonds is 3. The van der Waals surface area contributed by atoms with Gasteiger partial charge in [-0.3, -0.25) is 4.79 Å². The van der Waals surface area contributed by atoms with Gasteiger partial charge in [0.25, 0.3) is 5.91 Å². The fourth-order valence-corrected chi connectivity index (χ4v) is 1.62. The van der Waals surface area contributed by atoms with Crippen LogP contribution in [-0.4, -0.2) is 12.1 Å². The summed E-state index contributed by atoms with van der Waals surface area (Å²) in [5.74, 6) is -1.13. The minimum absolute atomic E-state index is 0.0242. The van der Waals surface area contributed by atoms with Crippen molar-refractivity contribution in [2.75, 3.05) is 0 Å². The molecule has 0 unspecified atom stereocenters. The molecule has 0 heterocycles. The molecule has 96 valence electrons. The molecule has 4 heteroatoms. The molecule has 0 aliphatic carbocycles. The Kier molecular flexibility index (Phi) is 4.03. The van der Waals surface area contributed by atoms with E-state index in [-0.39, 0.29) is 5.56 Å². The molecule has 0 saturated carbocycles. The fourth-order valence-electron chi connectivity index (χ4n) is 1.62. The number of nitrogens with one attached hydrogen (secondary N) is 1. The first-order chi connectivity index (χ1) is 9.16. The summed E-state index contributed by atoms with van der Waals surface area (Å²) in [5, 5.41) is 3.81. The van der Waals surface area contributed by atoms with Crippen molar-refractivity contribution in [1.82, 2.24) is 5.43 Å². The smallest absolute Gasteiger partial charge is 0.267 e. The summed E-state index contributed by atoms with van der Waals surface area (Å²) in [4.78, 5) is 11.7. The Morgan fingerprint density at radius 3 is 2.74 bits per heavy atom. The summed E-state index contributed by atoms with van der Waals surface area (Å²) in [6, 6.07) is 13.4. The molecule has 3 nitrogen and oxygen atoms in total. The standard InChI is InChI=1S/C15H13FN2O/c1-11-5-4-6-12(9-11)10-17-18-15(19)13-7-2-3-8-14(13)16/h2-10H,1H3,(H,18,19)/b17-10-. The van der Waals surface area contributed by atoms with Gasteiger partial charge in [0.1, 0.15) is 5.82 Å². The highest BCUT2D eigenvalue weighted by Crippen LogP contribution is 2.05. The maximum atomic E-state index is 13.3. The molecule has 0 radical (unpaired) electrons. The normalized spacial score (nSPS) is 10.6. The second-order valence-electron chi connectivity index (χ2n) is 4.09. The lowest BCUT2D eigenvalue weighted by Gasteiger charge is -2.00. The van der Waals surface area contributed by atoms with Crippen molar-refractivity contribution in [3.05, 3.63) is 71.0 Å². The highest BCUT2D eigenvalue weighted by Gasteiger charge is 2.08. The summed E-state index contributed by atoms with van der Waals surface area (Å²) in [7, 11) is 0. The van der Waals surface area contributed by atoms with E-state index in [4.69, 9.17) is 0 Å². The molecular weight excluding hydrogens is 243 g/mol. The highest BCUT2D eigenvalue weighted by molar-refractivity contribution is 5.95. The zero-order valence-electron chi connectivity index (χ0n) is 10.4. The van der Waals surface area contributed by atoms with Crippen molar-refractivity contribution < 1.29 is 9.18 Å². The number of carbonyl (C=O) groups is 1. The van der Waals surface area contributed by atoms with Gasteiger partial charge in [0, 0.05) is 0 Å². The number of hydrogen-bond donors (Lipinski definition) is 1. The Hall–Kier alpha value is -2.49. The number of hydrazone groups is 1. The van der Waals surface area contributed by atoms with Crippen LogP contribution in [0.25, 0.3) is 0 Å². The summed E-state index contributed by atoms with van der Waals surface area (Å²) in [5.41, 5.74) is 4.24. The number of halogens is 1. The maximum Gasteiger partial charge on any atom is 0.274 e. The van der Waals surface area contributed by atoms with E-state index in [2.05, 4.69) is 10.5 Å². The molecule has 19 heavy (non-hydrogen) atoms. The molecule has 0 atom stereocenters. The number of benzene rings is 2. The second kappa shape index (κ2) is 5.91. The van der Waals surface area contributed by atoms with E-state index >= 15 is 0 Å². The summed E-state index contributed by atoms with van der Waals surface area (Å²) < 4.78 is 13.3. The third-order valence-electron chi connectivity index (χ3n) is 2.54. The minimum atomic E-state index is -0.568. The lowest BCUT2D eigenvalue weighted by Crippen LogP contribution is -2.18. The second-order valence-corrected chi connectivity index (χ2v) is 4.09. The first kappa shape index (κ1) is 13.0. The molecular formula is C15H13FN2O. The Bertz CT molecular complexity index is 623. The number of nitrogens with zero attached hydrogens (tertiary/aromatic N) is 1. The third kappa shape index (κ3) is 3.48. The number of aryl methyl sites for hydroxylation is 1. The first-order valence-electron chi connectivity index (χ1n) is 5.81. The van der Waals surface area contributed by atoms with E-state index in [0.717, 1.165) is 11.1 Å². The predicted octanol–water partition coefficient (Wildman–Crippen LogP) is 2.90. The van der Waals surface area contributed by atoms with Crippen molar-refractivity contribution in [2.45, 2.75) is 6.92 Å². The SMILES string of the molecule is Cc1cccc(/C=N\NC(=O)c2ccccc2F)c1. The third-order valence-corrected chi connectivity index (χ3v) is 2.54. The van der Waals surface area contributed by atoms with Crippen LogP contribution in [0.5, 0.6) is 0 Å². The molecule has 0 aliphatic heterocycles. The van der Waals surface area contributed by atoms with E-state index in [1.165, 1.54) is 24.4 Å². The average Bonchev–Trinajstić information content (AvgIpc) is 2.39. The number of hydrogen-bond acceptors (Lipinski definition) is 2. The molecule has 2 aromatic rings. The number of carbonyl (C=O) groups excluding carboxylic acids is 1. The molecule has 0 saturated heterocycles. The van der Waals surface area contributed by atoms with Crippen molar-refractivity contribution in [3.63, 3.8) is 0 Å².